The molecule has 1 aliphatic carbocycles. The van der Waals surface area contributed by atoms with Crippen molar-refractivity contribution in [2.45, 2.75) is 19.3 Å². The molecule has 0 saturated heterocycles. The molecule has 1 aliphatic rings. The Morgan fingerprint density at radius 2 is 1.44 bits per heavy atom. The molecule has 25 heavy (non-hydrogen) atoms. The summed E-state index contributed by atoms with van der Waals surface area (Å²) < 4.78 is 9.68. The number of esters is 2. The van der Waals surface area contributed by atoms with Gasteiger partial charge in [-0.15, -0.1) is 0 Å². The van der Waals surface area contributed by atoms with Gasteiger partial charge in [0.2, 0.25) is 0 Å². The number of hydrogen-bond donors (Lipinski definition) is 0. The first-order chi connectivity index (χ1) is 12.1. The molecule has 3 rings (SSSR count). The minimum absolute atomic E-state index is 0.228. The summed E-state index contributed by atoms with van der Waals surface area (Å²) in [6.07, 6.45) is 3.16. The zero-order chi connectivity index (χ0) is 17.8. The SMILES string of the molecule is COC(=O)c1ccc(C(=O)OCC(=O)c2ccc3c(c2)CCC3)cc1. The van der Waals surface area contributed by atoms with Gasteiger partial charge in [0.15, 0.2) is 12.4 Å². The van der Waals surface area contributed by atoms with E-state index in [4.69, 9.17) is 4.74 Å². The third kappa shape index (κ3) is 3.76. The predicted molar refractivity (Wildman–Crippen MR) is 90.9 cm³/mol. The van der Waals surface area contributed by atoms with Gasteiger partial charge in [-0.3, -0.25) is 4.79 Å². The maximum Gasteiger partial charge on any atom is 0.338 e. The van der Waals surface area contributed by atoms with Crippen molar-refractivity contribution in [1.82, 2.24) is 0 Å². The Morgan fingerprint density at radius 1 is 0.840 bits per heavy atom. The van der Waals surface area contributed by atoms with Gasteiger partial charge in [-0.1, -0.05) is 12.1 Å². The van der Waals surface area contributed by atoms with Crippen LogP contribution < -0.4 is 0 Å². The summed E-state index contributed by atoms with van der Waals surface area (Å²) >= 11 is 0. The van der Waals surface area contributed by atoms with Crippen molar-refractivity contribution >= 4 is 17.7 Å². The van der Waals surface area contributed by atoms with Crippen molar-refractivity contribution < 1.29 is 23.9 Å². The number of benzene rings is 2. The Kier molecular flexibility index (Phi) is 4.93. The topological polar surface area (TPSA) is 69.7 Å². The van der Waals surface area contributed by atoms with Crippen LogP contribution in [0.3, 0.4) is 0 Å². The fourth-order valence-corrected chi connectivity index (χ4v) is 2.90. The van der Waals surface area contributed by atoms with E-state index in [1.807, 2.05) is 12.1 Å². The molecule has 0 saturated carbocycles. The molecule has 0 atom stereocenters. The Bertz CT molecular complexity index is 820. The molecule has 0 amide bonds. The lowest BCUT2D eigenvalue weighted by Gasteiger charge is -2.07. The molecular weight excluding hydrogens is 320 g/mol. The number of methoxy groups -OCH3 is 1. The number of ketones is 1. The van der Waals surface area contributed by atoms with Crippen molar-refractivity contribution in [3.63, 3.8) is 0 Å². The van der Waals surface area contributed by atoms with Gasteiger partial charge >= 0.3 is 11.9 Å². The second kappa shape index (κ2) is 7.30. The number of rotatable bonds is 5. The quantitative estimate of drug-likeness (QED) is 0.619. The zero-order valence-corrected chi connectivity index (χ0v) is 13.9. The van der Waals surface area contributed by atoms with Crippen LogP contribution in [0.1, 0.15) is 48.6 Å². The molecule has 2 aromatic carbocycles. The van der Waals surface area contributed by atoms with Crippen molar-refractivity contribution in [2.24, 2.45) is 0 Å². The number of carbonyl (C=O) groups excluding carboxylic acids is 3. The van der Waals surface area contributed by atoms with E-state index in [9.17, 15) is 14.4 Å². The minimum Gasteiger partial charge on any atom is -0.465 e. The molecule has 0 bridgehead atoms. The first-order valence-corrected chi connectivity index (χ1v) is 8.09. The molecule has 5 heteroatoms. The first-order valence-electron chi connectivity index (χ1n) is 8.09. The maximum atomic E-state index is 12.2. The van der Waals surface area contributed by atoms with Crippen LogP contribution in [0.15, 0.2) is 42.5 Å². The van der Waals surface area contributed by atoms with Crippen molar-refractivity contribution in [3.8, 4) is 0 Å². The molecule has 0 heterocycles. The van der Waals surface area contributed by atoms with Gasteiger partial charge in [0, 0.05) is 5.56 Å². The van der Waals surface area contributed by atoms with E-state index < -0.39 is 11.9 Å². The summed E-state index contributed by atoms with van der Waals surface area (Å²) in [5.41, 5.74) is 3.67. The summed E-state index contributed by atoms with van der Waals surface area (Å²) in [6.45, 7) is -0.309. The van der Waals surface area contributed by atoms with Crippen LogP contribution in [0.5, 0.6) is 0 Å². The van der Waals surface area contributed by atoms with Gasteiger partial charge in [-0.25, -0.2) is 9.59 Å². The lowest BCUT2D eigenvalue weighted by molar-refractivity contribution is 0.0474. The second-order valence-electron chi connectivity index (χ2n) is 5.91. The molecule has 0 radical (unpaired) electrons. The zero-order valence-electron chi connectivity index (χ0n) is 13.9. The van der Waals surface area contributed by atoms with Crippen LogP contribution in [0.25, 0.3) is 0 Å². The minimum atomic E-state index is -0.606. The monoisotopic (exact) mass is 338 g/mol. The maximum absolute atomic E-state index is 12.2. The molecule has 0 N–H and O–H groups in total. The van der Waals surface area contributed by atoms with Gasteiger partial charge in [-0.2, -0.15) is 0 Å². The Labute approximate surface area is 145 Å². The van der Waals surface area contributed by atoms with Crippen LogP contribution in [0, 0.1) is 0 Å². The Balaban J connectivity index is 1.60. The molecule has 0 aliphatic heterocycles. The van der Waals surface area contributed by atoms with E-state index in [2.05, 4.69) is 4.74 Å². The van der Waals surface area contributed by atoms with Crippen molar-refractivity contribution in [1.29, 1.82) is 0 Å². The van der Waals surface area contributed by atoms with Gasteiger partial charge in [0.1, 0.15) is 0 Å². The van der Waals surface area contributed by atoms with E-state index in [0.717, 1.165) is 19.3 Å². The lowest BCUT2D eigenvalue weighted by Crippen LogP contribution is -2.14. The smallest absolute Gasteiger partial charge is 0.338 e. The van der Waals surface area contributed by atoms with E-state index >= 15 is 0 Å². The third-order valence-electron chi connectivity index (χ3n) is 4.30. The average molecular weight is 338 g/mol. The number of fused-ring (bicyclic) bond motifs is 1. The van der Waals surface area contributed by atoms with Gasteiger partial charge in [0.05, 0.1) is 18.2 Å². The number of aryl methyl sites for hydroxylation is 2. The van der Waals surface area contributed by atoms with E-state index in [-0.39, 0.29) is 18.0 Å². The van der Waals surface area contributed by atoms with Crippen molar-refractivity contribution in [2.75, 3.05) is 13.7 Å². The van der Waals surface area contributed by atoms with Gasteiger partial charge in [0.25, 0.3) is 0 Å². The van der Waals surface area contributed by atoms with E-state index in [0.29, 0.717) is 11.1 Å². The standard InChI is InChI=1S/C20H18O5/c1-24-19(22)14-6-8-15(9-7-14)20(23)25-12-18(21)17-10-5-13-3-2-4-16(13)11-17/h5-11H,2-4,12H2,1H3. The van der Waals surface area contributed by atoms with Gasteiger partial charge in [-0.05, 0) is 60.7 Å². The summed E-state index contributed by atoms with van der Waals surface area (Å²) in [5.74, 6) is -1.31. The number of ether oxygens (including phenoxy) is 2. The highest BCUT2D eigenvalue weighted by atomic mass is 16.5. The molecule has 0 aromatic heterocycles. The van der Waals surface area contributed by atoms with Crippen LogP contribution >= 0.6 is 0 Å². The fraction of sp³-hybridized carbons (Fsp3) is 0.250. The summed E-state index contributed by atoms with van der Waals surface area (Å²) in [7, 11) is 1.29. The highest BCUT2D eigenvalue weighted by Crippen LogP contribution is 2.23. The van der Waals surface area contributed by atoms with Crippen LogP contribution in [-0.2, 0) is 22.3 Å². The third-order valence-corrected chi connectivity index (χ3v) is 4.30. The summed E-state index contributed by atoms with van der Waals surface area (Å²) in [4.78, 5) is 35.6. The summed E-state index contributed by atoms with van der Waals surface area (Å²) in [6, 6.07) is 11.5. The lowest BCUT2D eigenvalue weighted by atomic mass is 10.0. The number of hydrogen-bond acceptors (Lipinski definition) is 5. The van der Waals surface area contributed by atoms with Crippen LogP contribution in [-0.4, -0.2) is 31.4 Å². The average Bonchev–Trinajstić information content (AvgIpc) is 3.13. The largest absolute Gasteiger partial charge is 0.465 e. The van der Waals surface area contributed by atoms with Crippen LogP contribution in [0.2, 0.25) is 0 Å². The van der Waals surface area contributed by atoms with E-state index in [1.54, 1.807) is 6.07 Å². The Hall–Kier alpha value is -2.95. The molecule has 2 aromatic rings. The molecule has 0 unspecified atom stereocenters. The molecule has 128 valence electrons. The molecule has 0 spiro atoms. The first kappa shape index (κ1) is 16.9. The normalized spacial score (nSPS) is 12.4. The number of carbonyl (C=O) groups is 3. The highest BCUT2D eigenvalue weighted by molar-refractivity contribution is 5.99. The second-order valence-corrected chi connectivity index (χ2v) is 5.91. The Morgan fingerprint density at radius 3 is 2.12 bits per heavy atom. The fourth-order valence-electron chi connectivity index (χ4n) is 2.90. The number of Topliss-reactive ketones (excluding diaryl/α,β-unsaturated/α-hetero) is 1. The predicted octanol–water partition coefficient (Wildman–Crippen LogP) is 3.00. The van der Waals surface area contributed by atoms with Crippen molar-refractivity contribution in [3.05, 3.63) is 70.3 Å². The molecule has 0 fully saturated rings. The van der Waals surface area contributed by atoms with E-state index in [1.165, 1.54) is 42.5 Å². The summed E-state index contributed by atoms with van der Waals surface area (Å²) in [5, 5.41) is 0. The molecule has 5 nitrogen and oxygen atoms in total. The van der Waals surface area contributed by atoms with Gasteiger partial charge < -0.3 is 9.47 Å². The molecular formula is C20H18O5. The van der Waals surface area contributed by atoms with Crippen LogP contribution in [0.4, 0.5) is 0 Å². The highest BCUT2D eigenvalue weighted by Gasteiger charge is 2.16.